The van der Waals surface area contributed by atoms with Crippen molar-refractivity contribution in [2.45, 2.75) is 39.7 Å². The summed E-state index contributed by atoms with van der Waals surface area (Å²) in [6.07, 6.45) is -0.0564. The molecule has 0 aliphatic rings. The van der Waals surface area contributed by atoms with Crippen LogP contribution in [0.25, 0.3) is 11.4 Å². The molecule has 0 aliphatic heterocycles. The second-order valence-electron chi connectivity index (χ2n) is 9.89. The van der Waals surface area contributed by atoms with Crippen LogP contribution < -0.4 is 20.6 Å². The van der Waals surface area contributed by atoms with Crippen molar-refractivity contribution < 1.29 is 9.47 Å². The van der Waals surface area contributed by atoms with Gasteiger partial charge in [0.05, 0.1) is 39.3 Å². The number of nitrogens with one attached hydrogen (secondary N) is 2. The number of nitrogens with zero attached hydrogens (tertiary/aromatic N) is 2. The van der Waals surface area contributed by atoms with Crippen LogP contribution in [0.15, 0.2) is 82.4 Å². The number of methoxy groups -OCH3 is 1. The minimum atomic E-state index is -0.682. The Morgan fingerprint density at radius 2 is 1.25 bits per heavy atom. The molecule has 0 radical (unpaired) electrons. The molecule has 2 heterocycles. The predicted octanol–water partition coefficient (Wildman–Crippen LogP) is 5.84. The molecule has 0 fully saturated rings. The SMILES string of the molecule is COc1cc(C(c2c(C)[nH]n(-c3ccccc3)c2=O)c2c(C)[nH]n(-c3ccccc3)c2=O)cc(I)c1OC(C)C. The molecule has 0 saturated heterocycles. The van der Waals surface area contributed by atoms with E-state index in [-0.39, 0.29) is 17.2 Å². The topological polar surface area (TPSA) is 94.0 Å². The lowest BCUT2D eigenvalue weighted by Crippen LogP contribution is -2.25. The number of aromatic nitrogens is 4. The van der Waals surface area contributed by atoms with Crippen molar-refractivity contribution in [2.75, 3.05) is 7.11 Å². The van der Waals surface area contributed by atoms with Crippen LogP contribution in [-0.2, 0) is 0 Å². The Balaban J connectivity index is 1.80. The van der Waals surface area contributed by atoms with Crippen molar-refractivity contribution in [3.63, 3.8) is 0 Å². The minimum Gasteiger partial charge on any atom is -0.493 e. The van der Waals surface area contributed by atoms with E-state index in [0.717, 1.165) is 9.13 Å². The Labute approximate surface area is 245 Å². The largest absolute Gasteiger partial charge is 0.493 e. The first kappa shape index (κ1) is 27.6. The van der Waals surface area contributed by atoms with E-state index in [1.807, 2.05) is 100 Å². The van der Waals surface area contributed by atoms with Crippen LogP contribution in [0, 0.1) is 17.4 Å². The third-order valence-corrected chi connectivity index (χ3v) is 7.58. The van der Waals surface area contributed by atoms with Crippen molar-refractivity contribution in [1.82, 2.24) is 19.6 Å². The average Bonchev–Trinajstić information content (AvgIpc) is 3.41. The van der Waals surface area contributed by atoms with Gasteiger partial charge < -0.3 is 9.47 Å². The summed E-state index contributed by atoms with van der Waals surface area (Å²) in [4.78, 5) is 28.2. The highest BCUT2D eigenvalue weighted by Gasteiger charge is 2.32. The van der Waals surface area contributed by atoms with Gasteiger partial charge in [-0.3, -0.25) is 19.8 Å². The average molecular weight is 651 g/mol. The summed E-state index contributed by atoms with van der Waals surface area (Å²) in [5.41, 5.74) is 4.02. The summed E-state index contributed by atoms with van der Waals surface area (Å²) < 4.78 is 15.7. The number of H-pyrrole nitrogens is 2. The Hall–Kier alpha value is -3.99. The third-order valence-electron chi connectivity index (χ3n) is 6.78. The fourth-order valence-electron chi connectivity index (χ4n) is 5.05. The highest BCUT2D eigenvalue weighted by molar-refractivity contribution is 14.1. The van der Waals surface area contributed by atoms with E-state index in [9.17, 15) is 9.59 Å². The molecule has 0 spiro atoms. The molecule has 0 bridgehead atoms. The van der Waals surface area contributed by atoms with Crippen molar-refractivity contribution in [2.24, 2.45) is 0 Å². The molecular weight excluding hydrogens is 619 g/mol. The Morgan fingerprint density at radius 1 is 0.775 bits per heavy atom. The van der Waals surface area contributed by atoms with Crippen molar-refractivity contribution in [3.8, 4) is 22.9 Å². The lowest BCUT2D eigenvalue weighted by atomic mass is 9.85. The van der Waals surface area contributed by atoms with Gasteiger partial charge in [-0.2, -0.15) is 0 Å². The number of ether oxygens (including phenoxy) is 2. The van der Waals surface area contributed by atoms with E-state index in [1.54, 1.807) is 7.11 Å². The highest BCUT2D eigenvalue weighted by atomic mass is 127. The van der Waals surface area contributed by atoms with E-state index in [4.69, 9.17) is 9.47 Å². The summed E-state index contributed by atoms with van der Waals surface area (Å²) in [7, 11) is 1.59. The van der Waals surface area contributed by atoms with Crippen molar-refractivity contribution in [1.29, 1.82) is 0 Å². The standard InChI is InChI=1S/C31H31IN4O4/c1-18(2)40-29-24(32)16-21(17-25(29)39-5)28(26-19(3)33-35(30(26)37)22-12-8-6-9-13-22)27-20(4)34-36(31(27)38)23-14-10-7-11-15-23/h6-18,28,33-34H,1-5H3. The van der Waals surface area contributed by atoms with Gasteiger partial charge in [-0.25, -0.2) is 9.36 Å². The molecular formula is C31H31IN4O4. The number of hydrogen-bond donors (Lipinski definition) is 2. The van der Waals surface area contributed by atoms with Crippen LogP contribution in [0.5, 0.6) is 11.5 Å². The van der Waals surface area contributed by atoms with Crippen molar-refractivity contribution in [3.05, 3.63) is 125 Å². The van der Waals surface area contributed by atoms with E-state index in [1.165, 1.54) is 9.36 Å². The highest BCUT2D eigenvalue weighted by Crippen LogP contribution is 2.40. The molecule has 0 amide bonds. The molecule has 0 saturated carbocycles. The van der Waals surface area contributed by atoms with E-state index in [0.29, 0.717) is 45.4 Å². The first-order valence-electron chi connectivity index (χ1n) is 13.0. The molecule has 8 nitrogen and oxygen atoms in total. The number of rotatable bonds is 8. The Kier molecular flexibility index (Phi) is 7.75. The lowest BCUT2D eigenvalue weighted by molar-refractivity contribution is 0.228. The second-order valence-corrected chi connectivity index (χ2v) is 11.0. The number of aromatic amines is 2. The number of halogens is 1. The summed E-state index contributed by atoms with van der Waals surface area (Å²) in [5, 5.41) is 6.47. The van der Waals surface area contributed by atoms with Gasteiger partial charge in [0.1, 0.15) is 0 Å². The molecule has 0 atom stereocenters. The fourth-order valence-corrected chi connectivity index (χ4v) is 5.80. The molecule has 40 heavy (non-hydrogen) atoms. The van der Waals surface area contributed by atoms with E-state index >= 15 is 0 Å². The molecule has 2 aromatic heterocycles. The smallest absolute Gasteiger partial charge is 0.275 e. The van der Waals surface area contributed by atoms with Crippen LogP contribution >= 0.6 is 22.6 Å². The molecule has 206 valence electrons. The molecule has 0 unspecified atom stereocenters. The van der Waals surface area contributed by atoms with Crippen LogP contribution in [0.1, 0.15) is 47.8 Å². The normalized spacial score (nSPS) is 11.4. The quantitative estimate of drug-likeness (QED) is 0.207. The number of hydrogen-bond acceptors (Lipinski definition) is 4. The van der Waals surface area contributed by atoms with Crippen molar-refractivity contribution >= 4 is 22.6 Å². The fraction of sp³-hybridized carbons (Fsp3) is 0.226. The zero-order valence-electron chi connectivity index (χ0n) is 23.0. The summed E-state index contributed by atoms with van der Waals surface area (Å²) in [6.45, 7) is 7.63. The van der Waals surface area contributed by atoms with Crippen LogP contribution in [0.4, 0.5) is 0 Å². The number of benzene rings is 3. The molecule has 3 aromatic carbocycles. The maximum atomic E-state index is 14.1. The van der Waals surface area contributed by atoms with Crippen LogP contribution in [-0.4, -0.2) is 32.8 Å². The first-order chi connectivity index (χ1) is 19.2. The second kappa shape index (κ2) is 11.2. The van der Waals surface area contributed by atoms with Crippen LogP contribution in [0.2, 0.25) is 0 Å². The Morgan fingerprint density at radius 3 is 1.68 bits per heavy atom. The first-order valence-corrected chi connectivity index (χ1v) is 14.1. The molecule has 2 N–H and O–H groups in total. The number of para-hydroxylation sites is 2. The van der Waals surface area contributed by atoms with Gasteiger partial charge in [0.25, 0.3) is 11.1 Å². The Bertz CT molecular complexity index is 1670. The van der Waals surface area contributed by atoms with E-state index in [2.05, 4.69) is 32.8 Å². The monoisotopic (exact) mass is 650 g/mol. The summed E-state index contributed by atoms with van der Waals surface area (Å²) in [5.74, 6) is 0.479. The molecule has 5 rings (SSSR count). The third kappa shape index (κ3) is 5.01. The van der Waals surface area contributed by atoms with Gasteiger partial charge in [-0.05, 0) is 92.2 Å². The molecule has 9 heteroatoms. The molecule has 0 aliphatic carbocycles. The number of aryl methyl sites for hydroxylation is 2. The van der Waals surface area contributed by atoms with Crippen LogP contribution in [0.3, 0.4) is 0 Å². The lowest BCUT2D eigenvalue weighted by Gasteiger charge is -2.20. The minimum absolute atomic E-state index is 0.0564. The van der Waals surface area contributed by atoms with Gasteiger partial charge in [0.15, 0.2) is 11.5 Å². The van der Waals surface area contributed by atoms with Gasteiger partial charge in [-0.15, -0.1) is 0 Å². The summed E-state index contributed by atoms with van der Waals surface area (Å²) in [6, 6.07) is 22.6. The van der Waals surface area contributed by atoms with Gasteiger partial charge in [0.2, 0.25) is 0 Å². The molecule has 5 aromatic rings. The van der Waals surface area contributed by atoms with Gasteiger partial charge in [-0.1, -0.05) is 36.4 Å². The van der Waals surface area contributed by atoms with Gasteiger partial charge >= 0.3 is 0 Å². The summed E-state index contributed by atoms with van der Waals surface area (Å²) >= 11 is 2.22. The predicted molar refractivity (Wildman–Crippen MR) is 165 cm³/mol. The van der Waals surface area contributed by atoms with E-state index < -0.39 is 5.92 Å². The van der Waals surface area contributed by atoms with Gasteiger partial charge in [0, 0.05) is 17.3 Å². The maximum Gasteiger partial charge on any atom is 0.275 e. The maximum absolute atomic E-state index is 14.1. The zero-order valence-corrected chi connectivity index (χ0v) is 25.1. The zero-order chi connectivity index (χ0) is 28.6.